The molecule has 1 aromatic heterocycles. The van der Waals surface area contributed by atoms with Crippen LogP contribution in [0.15, 0.2) is 70.7 Å². The molecule has 0 spiro atoms. The van der Waals surface area contributed by atoms with Gasteiger partial charge in [-0.2, -0.15) is 5.26 Å². The number of nitriles is 1. The minimum atomic E-state index is -0.117. The number of nitrogen functional groups attached to an aromatic ring is 1. The van der Waals surface area contributed by atoms with Gasteiger partial charge in [-0.15, -0.1) is 0 Å². The van der Waals surface area contributed by atoms with Crippen LogP contribution in [0, 0.1) is 18.3 Å². The van der Waals surface area contributed by atoms with E-state index in [1.165, 1.54) is 0 Å². The molecule has 0 amide bonds. The topological polar surface area (TPSA) is 84.2 Å². The SMILES string of the molecule is CCn1c(/C=C2\C(=O)c3cc(N)ccc3\C2=C(/C)C#N)cc(C)c1/N=C(\C)c1ccccc1. The molecule has 2 aromatic carbocycles. The quantitative estimate of drug-likeness (QED) is 0.232. The van der Waals surface area contributed by atoms with E-state index in [9.17, 15) is 10.1 Å². The maximum Gasteiger partial charge on any atom is 0.194 e. The summed E-state index contributed by atoms with van der Waals surface area (Å²) >= 11 is 0. The van der Waals surface area contributed by atoms with Gasteiger partial charge in [-0.25, -0.2) is 4.99 Å². The van der Waals surface area contributed by atoms with Crippen molar-refractivity contribution in [2.45, 2.75) is 34.2 Å². The Morgan fingerprint density at radius 3 is 2.52 bits per heavy atom. The van der Waals surface area contributed by atoms with Crippen LogP contribution in [-0.2, 0) is 6.54 Å². The fraction of sp³-hybridized carbons (Fsp3) is 0.179. The maximum atomic E-state index is 13.3. The second-order valence-corrected chi connectivity index (χ2v) is 8.19. The molecule has 1 aliphatic rings. The number of nitrogens with zero attached hydrogens (tertiary/aromatic N) is 3. The van der Waals surface area contributed by atoms with Crippen molar-refractivity contribution in [2.75, 3.05) is 5.73 Å². The van der Waals surface area contributed by atoms with Gasteiger partial charge in [0.25, 0.3) is 0 Å². The highest BCUT2D eigenvalue weighted by molar-refractivity contribution is 6.29. The lowest BCUT2D eigenvalue weighted by molar-refractivity contribution is 0.104. The number of benzene rings is 2. The van der Waals surface area contributed by atoms with Crippen molar-refractivity contribution in [3.05, 3.63) is 93.7 Å². The number of ketones is 1. The van der Waals surface area contributed by atoms with E-state index in [1.54, 1.807) is 19.1 Å². The van der Waals surface area contributed by atoms with Crippen molar-refractivity contribution in [1.29, 1.82) is 5.26 Å². The minimum Gasteiger partial charge on any atom is -0.399 e. The molecular formula is C28H26N4O. The van der Waals surface area contributed by atoms with Crippen molar-refractivity contribution >= 4 is 34.6 Å². The first kappa shape index (κ1) is 22.0. The highest BCUT2D eigenvalue weighted by Gasteiger charge is 2.32. The number of rotatable bonds is 4. The monoisotopic (exact) mass is 434 g/mol. The number of aliphatic imine (C=N–C) groups is 1. The van der Waals surface area contributed by atoms with Crippen LogP contribution < -0.4 is 5.73 Å². The first-order chi connectivity index (χ1) is 15.8. The summed E-state index contributed by atoms with van der Waals surface area (Å²) in [5.41, 5.74) is 13.3. The van der Waals surface area contributed by atoms with E-state index >= 15 is 0 Å². The van der Waals surface area contributed by atoms with Gasteiger partial charge in [0.05, 0.1) is 6.07 Å². The van der Waals surface area contributed by atoms with Crippen LogP contribution >= 0.6 is 0 Å². The van der Waals surface area contributed by atoms with Gasteiger partial charge in [-0.1, -0.05) is 36.4 Å². The summed E-state index contributed by atoms with van der Waals surface area (Å²) in [4.78, 5) is 18.3. The molecule has 3 aromatic rings. The molecule has 0 saturated carbocycles. The van der Waals surface area contributed by atoms with Crippen LogP contribution in [0.4, 0.5) is 11.5 Å². The number of nitrogens with two attached hydrogens (primary N) is 1. The van der Waals surface area contributed by atoms with Gasteiger partial charge in [0.2, 0.25) is 0 Å². The number of carbonyl (C=O) groups excluding carboxylic acids is 1. The molecule has 5 heteroatoms. The third-order valence-electron chi connectivity index (χ3n) is 5.97. The van der Waals surface area contributed by atoms with E-state index in [-0.39, 0.29) is 5.78 Å². The number of aryl methyl sites for hydroxylation is 1. The van der Waals surface area contributed by atoms with Gasteiger partial charge < -0.3 is 10.3 Å². The largest absolute Gasteiger partial charge is 0.399 e. The predicted molar refractivity (Wildman–Crippen MR) is 135 cm³/mol. The normalized spacial score (nSPS) is 16.2. The number of allylic oxidation sites excluding steroid dienone is 3. The molecular weight excluding hydrogens is 408 g/mol. The lowest BCUT2D eigenvalue weighted by Gasteiger charge is -2.09. The molecule has 1 aliphatic carbocycles. The molecule has 0 atom stereocenters. The fourth-order valence-corrected chi connectivity index (χ4v) is 4.32. The zero-order chi connectivity index (χ0) is 23.7. The second-order valence-electron chi connectivity index (χ2n) is 8.19. The van der Waals surface area contributed by atoms with E-state index in [0.717, 1.165) is 33.9 Å². The van der Waals surface area contributed by atoms with Gasteiger partial charge in [-0.3, -0.25) is 4.79 Å². The summed E-state index contributed by atoms with van der Waals surface area (Å²) in [6, 6.07) is 19.6. The van der Waals surface area contributed by atoms with E-state index < -0.39 is 0 Å². The number of hydrogen-bond acceptors (Lipinski definition) is 4. The van der Waals surface area contributed by atoms with Gasteiger partial charge in [0, 0.05) is 45.9 Å². The van der Waals surface area contributed by atoms with E-state index in [2.05, 4.69) is 17.6 Å². The Hall–Kier alpha value is -4.17. The number of aromatic nitrogens is 1. The molecule has 4 rings (SSSR count). The Morgan fingerprint density at radius 1 is 1.12 bits per heavy atom. The summed E-state index contributed by atoms with van der Waals surface area (Å²) < 4.78 is 2.10. The average molecular weight is 435 g/mol. The summed E-state index contributed by atoms with van der Waals surface area (Å²) in [7, 11) is 0. The Kier molecular flexibility index (Phi) is 5.85. The summed E-state index contributed by atoms with van der Waals surface area (Å²) in [6.45, 7) is 8.51. The lowest BCUT2D eigenvalue weighted by atomic mass is 9.99. The van der Waals surface area contributed by atoms with Crippen molar-refractivity contribution in [3.63, 3.8) is 0 Å². The number of hydrogen-bond donors (Lipinski definition) is 1. The highest BCUT2D eigenvalue weighted by Crippen LogP contribution is 2.41. The zero-order valence-electron chi connectivity index (χ0n) is 19.3. The molecule has 1 heterocycles. The highest BCUT2D eigenvalue weighted by atomic mass is 16.1. The minimum absolute atomic E-state index is 0.117. The van der Waals surface area contributed by atoms with Crippen LogP contribution in [0.5, 0.6) is 0 Å². The Labute approximate surface area is 194 Å². The number of anilines is 1. The third-order valence-corrected chi connectivity index (χ3v) is 5.97. The predicted octanol–water partition coefficient (Wildman–Crippen LogP) is 6.12. The summed E-state index contributed by atoms with van der Waals surface area (Å²) in [5, 5.41) is 9.61. The first-order valence-electron chi connectivity index (χ1n) is 10.9. The smallest absolute Gasteiger partial charge is 0.194 e. The molecule has 0 radical (unpaired) electrons. The van der Waals surface area contributed by atoms with Crippen LogP contribution in [0.3, 0.4) is 0 Å². The van der Waals surface area contributed by atoms with Crippen molar-refractivity contribution < 1.29 is 4.79 Å². The van der Waals surface area contributed by atoms with E-state index in [4.69, 9.17) is 10.7 Å². The molecule has 0 unspecified atom stereocenters. The number of Topliss-reactive ketones (excluding diaryl/α,β-unsaturated/α-hetero) is 1. The standard InChI is InChI=1S/C28H26N4O/c1-5-32-22(13-17(2)28(32)31-19(4)20-9-7-6-8-10-20)15-25-26(18(3)16-29)23-12-11-21(30)14-24(23)27(25)33/h6-15H,5,30H2,1-4H3/b25-15-,26-18-,31-19+. The average Bonchev–Trinajstić information content (AvgIpc) is 3.26. The van der Waals surface area contributed by atoms with Gasteiger partial charge in [0.1, 0.15) is 5.82 Å². The molecule has 0 aliphatic heterocycles. The van der Waals surface area contributed by atoms with Gasteiger partial charge >= 0.3 is 0 Å². The third kappa shape index (κ3) is 3.92. The lowest BCUT2D eigenvalue weighted by Crippen LogP contribution is -2.01. The van der Waals surface area contributed by atoms with Crippen LogP contribution in [0.2, 0.25) is 0 Å². The van der Waals surface area contributed by atoms with Crippen LogP contribution in [0.1, 0.15) is 53.5 Å². The number of fused-ring (bicyclic) bond motifs is 1. The molecule has 2 N–H and O–H groups in total. The Balaban J connectivity index is 1.87. The van der Waals surface area contributed by atoms with Crippen molar-refractivity contribution in [2.24, 2.45) is 4.99 Å². The molecule has 164 valence electrons. The summed E-state index contributed by atoms with van der Waals surface area (Å²) in [5.74, 6) is 0.745. The van der Waals surface area contributed by atoms with Crippen molar-refractivity contribution in [1.82, 2.24) is 4.57 Å². The summed E-state index contributed by atoms with van der Waals surface area (Å²) in [6.07, 6.45) is 1.88. The van der Waals surface area contributed by atoms with Gasteiger partial charge in [0.15, 0.2) is 5.78 Å². The van der Waals surface area contributed by atoms with Gasteiger partial charge in [-0.05, 0) is 68.7 Å². The zero-order valence-corrected chi connectivity index (χ0v) is 19.3. The van der Waals surface area contributed by atoms with E-state index in [1.807, 2.05) is 62.4 Å². The second kappa shape index (κ2) is 8.76. The van der Waals surface area contributed by atoms with Crippen LogP contribution in [-0.4, -0.2) is 16.1 Å². The maximum absolute atomic E-state index is 13.3. The molecule has 0 bridgehead atoms. The Morgan fingerprint density at radius 2 is 1.85 bits per heavy atom. The molecule has 5 nitrogen and oxygen atoms in total. The number of carbonyl (C=O) groups is 1. The van der Waals surface area contributed by atoms with E-state index in [0.29, 0.717) is 34.5 Å². The first-order valence-corrected chi connectivity index (χ1v) is 10.9. The Bertz CT molecular complexity index is 1400. The molecule has 0 saturated heterocycles. The van der Waals surface area contributed by atoms with Crippen molar-refractivity contribution in [3.8, 4) is 6.07 Å². The molecule has 33 heavy (non-hydrogen) atoms. The fourth-order valence-electron chi connectivity index (χ4n) is 4.32. The van der Waals surface area contributed by atoms with Crippen LogP contribution in [0.25, 0.3) is 11.6 Å². The molecule has 0 fully saturated rings.